The summed E-state index contributed by atoms with van der Waals surface area (Å²) in [6.07, 6.45) is 3.72. The fourth-order valence-corrected chi connectivity index (χ4v) is 2.33. The average Bonchev–Trinajstić information content (AvgIpc) is 2.86. The third kappa shape index (κ3) is 1.95. The Balaban J connectivity index is 2.19. The summed E-state index contributed by atoms with van der Waals surface area (Å²) in [6.45, 7) is 3.26. The van der Waals surface area contributed by atoms with Gasteiger partial charge in [-0.05, 0) is 24.6 Å². The summed E-state index contributed by atoms with van der Waals surface area (Å²) in [5, 5.41) is 8.10. The molecule has 1 aliphatic rings. The second-order valence-electron chi connectivity index (χ2n) is 4.53. The van der Waals surface area contributed by atoms with Gasteiger partial charge in [0, 0.05) is 29.9 Å². The molecule has 1 aromatic heterocycles. The molecule has 0 saturated carbocycles. The standard InChI is InChI=1S/C14H15N5O/c1-2-19-12-4-3-9(10-6-16-8-17-7-10)5-11(12)13(18-19)14(15)20/h3-7,16H,2,8H2,1H3,(H2,15,20). The molecule has 2 aromatic rings. The molecule has 0 spiro atoms. The van der Waals surface area contributed by atoms with Gasteiger partial charge in [-0.3, -0.25) is 14.5 Å². The maximum absolute atomic E-state index is 11.5. The van der Waals surface area contributed by atoms with E-state index in [1.54, 1.807) is 4.68 Å². The summed E-state index contributed by atoms with van der Waals surface area (Å²) in [5.41, 5.74) is 8.58. The molecule has 0 aliphatic carbocycles. The second-order valence-corrected chi connectivity index (χ2v) is 4.53. The molecular weight excluding hydrogens is 254 g/mol. The number of primary amides is 1. The van der Waals surface area contributed by atoms with E-state index < -0.39 is 5.91 Å². The maximum atomic E-state index is 11.5. The van der Waals surface area contributed by atoms with Crippen LogP contribution in [0.15, 0.2) is 29.4 Å². The topological polar surface area (TPSA) is 85.3 Å². The number of rotatable bonds is 3. The predicted octanol–water partition coefficient (Wildman–Crippen LogP) is 1.13. The van der Waals surface area contributed by atoms with Crippen molar-refractivity contribution >= 4 is 28.6 Å². The first-order chi connectivity index (χ1) is 9.70. The number of carbonyl (C=O) groups is 1. The highest BCUT2D eigenvalue weighted by Gasteiger charge is 2.15. The summed E-state index contributed by atoms with van der Waals surface area (Å²) >= 11 is 0. The lowest BCUT2D eigenvalue weighted by molar-refractivity contribution is 0.0996. The Hall–Kier alpha value is -2.63. The minimum atomic E-state index is -0.510. The molecule has 1 aromatic carbocycles. The van der Waals surface area contributed by atoms with Gasteiger partial charge >= 0.3 is 0 Å². The number of hydrogen-bond acceptors (Lipinski definition) is 4. The van der Waals surface area contributed by atoms with Crippen molar-refractivity contribution in [2.45, 2.75) is 13.5 Å². The number of hydrogen-bond donors (Lipinski definition) is 2. The quantitative estimate of drug-likeness (QED) is 0.875. The van der Waals surface area contributed by atoms with E-state index in [1.807, 2.05) is 37.5 Å². The summed E-state index contributed by atoms with van der Waals surface area (Å²) in [6, 6.07) is 5.88. The molecule has 3 rings (SSSR count). The number of nitrogens with one attached hydrogen (secondary N) is 1. The van der Waals surface area contributed by atoms with Crippen molar-refractivity contribution < 1.29 is 4.79 Å². The van der Waals surface area contributed by atoms with E-state index in [2.05, 4.69) is 15.4 Å². The zero-order chi connectivity index (χ0) is 14.1. The first-order valence-electron chi connectivity index (χ1n) is 6.45. The monoisotopic (exact) mass is 269 g/mol. The fraction of sp³-hybridized carbons (Fsp3) is 0.214. The Morgan fingerprint density at radius 3 is 3.00 bits per heavy atom. The van der Waals surface area contributed by atoms with Gasteiger partial charge in [0.1, 0.15) is 6.67 Å². The van der Waals surface area contributed by atoms with E-state index in [4.69, 9.17) is 5.73 Å². The molecule has 0 fully saturated rings. The molecule has 0 radical (unpaired) electrons. The number of aliphatic imine (C=N–C) groups is 1. The molecule has 1 amide bonds. The Labute approximate surface area is 116 Å². The first-order valence-corrected chi connectivity index (χ1v) is 6.45. The van der Waals surface area contributed by atoms with Gasteiger partial charge in [-0.15, -0.1) is 0 Å². The van der Waals surface area contributed by atoms with Crippen LogP contribution < -0.4 is 11.1 Å². The van der Waals surface area contributed by atoms with Crippen molar-refractivity contribution in [3.8, 4) is 0 Å². The van der Waals surface area contributed by atoms with Crippen LogP contribution in [0.5, 0.6) is 0 Å². The fourth-order valence-electron chi connectivity index (χ4n) is 2.33. The minimum absolute atomic E-state index is 0.310. The van der Waals surface area contributed by atoms with Crippen LogP contribution in [-0.2, 0) is 6.54 Å². The second kappa shape index (κ2) is 4.80. The van der Waals surface area contributed by atoms with Gasteiger partial charge in [0.05, 0.1) is 5.52 Å². The normalized spacial score (nSPS) is 14.2. The van der Waals surface area contributed by atoms with Crippen molar-refractivity contribution in [3.63, 3.8) is 0 Å². The number of aromatic nitrogens is 2. The Bertz CT molecular complexity index is 741. The van der Waals surface area contributed by atoms with Crippen molar-refractivity contribution in [1.29, 1.82) is 0 Å². The molecular formula is C14H15N5O. The molecule has 3 N–H and O–H groups in total. The first kappa shape index (κ1) is 12.4. The maximum Gasteiger partial charge on any atom is 0.269 e. The molecule has 0 bridgehead atoms. The number of carbonyl (C=O) groups excluding carboxylic acids is 1. The summed E-state index contributed by atoms with van der Waals surface area (Å²) in [4.78, 5) is 15.7. The number of fused-ring (bicyclic) bond motifs is 1. The van der Waals surface area contributed by atoms with Crippen LogP contribution >= 0.6 is 0 Å². The van der Waals surface area contributed by atoms with Gasteiger partial charge in [0.15, 0.2) is 5.69 Å². The lowest BCUT2D eigenvalue weighted by Crippen LogP contribution is -2.13. The minimum Gasteiger partial charge on any atom is -0.372 e. The molecule has 1 aliphatic heterocycles. The lowest BCUT2D eigenvalue weighted by Gasteiger charge is -2.08. The number of nitrogens with two attached hydrogens (primary N) is 1. The third-order valence-electron chi connectivity index (χ3n) is 3.29. The highest BCUT2D eigenvalue weighted by molar-refractivity contribution is 6.12. The third-order valence-corrected chi connectivity index (χ3v) is 3.29. The summed E-state index contributed by atoms with van der Waals surface area (Å²) in [5.74, 6) is -0.510. The molecule has 6 heteroatoms. The van der Waals surface area contributed by atoms with Crippen LogP contribution in [0.1, 0.15) is 23.0 Å². The zero-order valence-corrected chi connectivity index (χ0v) is 11.1. The molecule has 0 atom stereocenters. The number of allylic oxidation sites excluding steroid dienone is 1. The lowest BCUT2D eigenvalue weighted by atomic mass is 10.0. The van der Waals surface area contributed by atoms with Crippen molar-refractivity contribution in [3.05, 3.63) is 35.7 Å². The van der Waals surface area contributed by atoms with E-state index in [0.717, 1.165) is 22.0 Å². The van der Waals surface area contributed by atoms with Crippen LogP contribution in [0.3, 0.4) is 0 Å². The largest absolute Gasteiger partial charge is 0.372 e. The summed E-state index contributed by atoms with van der Waals surface area (Å²) in [7, 11) is 0. The molecule has 20 heavy (non-hydrogen) atoms. The number of nitrogens with zero attached hydrogens (tertiary/aromatic N) is 3. The van der Waals surface area contributed by atoms with Crippen LogP contribution in [0, 0.1) is 0 Å². The average molecular weight is 269 g/mol. The van der Waals surface area contributed by atoms with Crippen LogP contribution in [0.25, 0.3) is 16.5 Å². The number of benzene rings is 1. The highest BCUT2D eigenvalue weighted by Crippen LogP contribution is 2.23. The van der Waals surface area contributed by atoms with Crippen molar-refractivity contribution in [2.24, 2.45) is 10.7 Å². The molecule has 2 heterocycles. The Morgan fingerprint density at radius 1 is 1.50 bits per heavy atom. The zero-order valence-electron chi connectivity index (χ0n) is 11.1. The van der Waals surface area contributed by atoms with Gasteiger partial charge in [0.25, 0.3) is 5.91 Å². The Kier molecular flexibility index (Phi) is 2.98. The number of amides is 1. The van der Waals surface area contributed by atoms with Gasteiger partial charge in [-0.25, -0.2) is 0 Å². The van der Waals surface area contributed by atoms with Gasteiger partial charge in [-0.1, -0.05) is 6.07 Å². The van der Waals surface area contributed by atoms with Gasteiger partial charge in [0.2, 0.25) is 0 Å². The molecule has 6 nitrogen and oxygen atoms in total. The van der Waals surface area contributed by atoms with E-state index in [-0.39, 0.29) is 0 Å². The summed E-state index contributed by atoms with van der Waals surface area (Å²) < 4.78 is 1.78. The molecule has 102 valence electrons. The SMILES string of the molecule is CCn1nc(C(N)=O)c2cc(C3=CNCN=C3)ccc21. The van der Waals surface area contributed by atoms with Crippen molar-refractivity contribution in [2.75, 3.05) is 6.67 Å². The molecule has 0 saturated heterocycles. The smallest absolute Gasteiger partial charge is 0.269 e. The van der Waals surface area contributed by atoms with Gasteiger partial charge < -0.3 is 11.1 Å². The predicted molar refractivity (Wildman–Crippen MR) is 78.4 cm³/mol. The molecule has 0 unspecified atom stereocenters. The van der Waals surface area contributed by atoms with E-state index in [9.17, 15) is 4.79 Å². The Morgan fingerprint density at radius 2 is 2.35 bits per heavy atom. The van der Waals surface area contributed by atoms with E-state index in [1.165, 1.54) is 0 Å². The van der Waals surface area contributed by atoms with Gasteiger partial charge in [-0.2, -0.15) is 5.10 Å². The van der Waals surface area contributed by atoms with Crippen molar-refractivity contribution in [1.82, 2.24) is 15.1 Å². The van der Waals surface area contributed by atoms with E-state index >= 15 is 0 Å². The van der Waals surface area contributed by atoms with Crippen LogP contribution in [-0.4, -0.2) is 28.6 Å². The van der Waals surface area contributed by atoms with Crippen LogP contribution in [0.4, 0.5) is 0 Å². The highest BCUT2D eigenvalue weighted by atomic mass is 16.1. The van der Waals surface area contributed by atoms with Crippen LogP contribution in [0.2, 0.25) is 0 Å². The van der Waals surface area contributed by atoms with E-state index in [0.29, 0.717) is 18.9 Å². The number of aryl methyl sites for hydroxylation is 1.